The molecule has 2 nitrogen and oxygen atoms in total. The molecule has 0 aromatic heterocycles. The predicted molar refractivity (Wildman–Crippen MR) is 98.1 cm³/mol. The first-order valence-electron chi connectivity index (χ1n) is 8.70. The Kier molecular flexibility index (Phi) is 7.35. The van der Waals surface area contributed by atoms with Crippen LogP contribution >= 0.6 is 11.6 Å². The zero-order valence-electron chi connectivity index (χ0n) is 15.3. The first-order valence-corrected chi connectivity index (χ1v) is 9.08. The topological polar surface area (TPSA) is 29.1 Å². The van der Waals surface area contributed by atoms with Crippen molar-refractivity contribution in [3.63, 3.8) is 0 Å². The highest BCUT2D eigenvalue weighted by molar-refractivity contribution is 6.30. The molecule has 2 aromatic carbocycles. The van der Waals surface area contributed by atoms with E-state index in [4.69, 9.17) is 11.6 Å². The van der Waals surface area contributed by atoms with Crippen molar-refractivity contribution in [3.8, 4) is 0 Å². The van der Waals surface area contributed by atoms with Crippen LogP contribution in [-0.2, 0) is 12.4 Å². The lowest BCUT2D eigenvalue weighted by Gasteiger charge is -2.17. The lowest BCUT2D eigenvalue weighted by atomic mass is 9.96. The Balaban J connectivity index is 2.12. The normalized spacial score (nSPS) is 13.4. The van der Waals surface area contributed by atoms with E-state index in [0.717, 1.165) is 5.56 Å². The fourth-order valence-electron chi connectivity index (χ4n) is 2.81. The van der Waals surface area contributed by atoms with Gasteiger partial charge in [-0.1, -0.05) is 30.7 Å². The maximum Gasteiger partial charge on any atom is 0.416 e. The Morgan fingerprint density at radius 1 is 0.966 bits per heavy atom. The van der Waals surface area contributed by atoms with Crippen molar-refractivity contribution in [2.24, 2.45) is 0 Å². The smallest absolute Gasteiger partial charge is 0.309 e. The summed E-state index contributed by atoms with van der Waals surface area (Å²) in [4.78, 5) is 12.2. The zero-order valence-corrected chi connectivity index (χ0v) is 16.1. The minimum Gasteiger partial charge on any atom is -0.309 e. The number of rotatable bonds is 7. The highest BCUT2D eigenvalue weighted by Crippen LogP contribution is 2.36. The number of carbonyl (C=O) groups excluding carboxylic acids is 1. The Bertz CT molecular complexity index is 813. The number of benzene rings is 2. The average Bonchev–Trinajstić information content (AvgIpc) is 2.64. The molecular formula is C20H18ClF6NO. The maximum atomic E-state index is 12.9. The fraction of sp³-hybridized carbons (Fsp3) is 0.350. The number of carbonyl (C=O) groups is 1. The van der Waals surface area contributed by atoms with Crippen LogP contribution in [0.1, 0.15) is 46.3 Å². The molecule has 2 rings (SSSR count). The maximum absolute atomic E-state index is 12.9. The minimum absolute atomic E-state index is 0.00213. The highest BCUT2D eigenvalue weighted by atomic mass is 35.5. The predicted octanol–water partition coefficient (Wildman–Crippen LogP) is 6.34. The van der Waals surface area contributed by atoms with E-state index in [9.17, 15) is 31.1 Å². The van der Waals surface area contributed by atoms with E-state index in [1.165, 1.54) is 0 Å². The molecule has 9 heteroatoms. The van der Waals surface area contributed by atoms with E-state index in [1.54, 1.807) is 12.1 Å². The summed E-state index contributed by atoms with van der Waals surface area (Å²) in [5.41, 5.74) is -2.71. The highest BCUT2D eigenvalue weighted by Gasteiger charge is 2.37. The number of nitrogens with one attached hydrogen (secondary N) is 1. The Morgan fingerprint density at radius 2 is 1.48 bits per heavy atom. The van der Waals surface area contributed by atoms with Crippen LogP contribution in [0, 0.1) is 0 Å². The second kappa shape index (κ2) is 9.17. The molecule has 0 saturated carbocycles. The molecule has 1 N–H and O–H groups in total. The first kappa shape index (κ1) is 23.2. The van der Waals surface area contributed by atoms with E-state index in [0.29, 0.717) is 30.1 Å². The molecule has 0 aliphatic rings. The molecule has 0 fully saturated rings. The molecule has 158 valence electrons. The van der Waals surface area contributed by atoms with Gasteiger partial charge in [-0.25, -0.2) is 0 Å². The van der Waals surface area contributed by atoms with Crippen LogP contribution in [0.3, 0.4) is 0 Å². The van der Waals surface area contributed by atoms with Gasteiger partial charge in [0.05, 0.1) is 17.7 Å². The van der Waals surface area contributed by atoms with E-state index in [-0.39, 0.29) is 18.5 Å². The lowest BCUT2D eigenvalue weighted by Crippen LogP contribution is -2.28. The molecule has 29 heavy (non-hydrogen) atoms. The number of ketones is 1. The average molecular weight is 438 g/mol. The number of alkyl halides is 6. The third kappa shape index (κ3) is 6.47. The molecule has 0 bridgehead atoms. The van der Waals surface area contributed by atoms with Crippen molar-refractivity contribution >= 4 is 17.4 Å². The van der Waals surface area contributed by atoms with Crippen LogP contribution in [-0.4, -0.2) is 18.9 Å². The van der Waals surface area contributed by atoms with Crippen molar-refractivity contribution in [3.05, 3.63) is 69.7 Å². The summed E-state index contributed by atoms with van der Waals surface area (Å²) in [6.07, 6.45) is -9.28. The molecule has 0 spiro atoms. The molecule has 0 amide bonds. The van der Waals surface area contributed by atoms with Gasteiger partial charge in [0.25, 0.3) is 0 Å². The van der Waals surface area contributed by atoms with Gasteiger partial charge in [-0.2, -0.15) is 26.3 Å². The van der Waals surface area contributed by atoms with Crippen LogP contribution in [0.4, 0.5) is 26.3 Å². The van der Waals surface area contributed by atoms with E-state index in [2.05, 4.69) is 5.32 Å². The fourth-order valence-corrected chi connectivity index (χ4v) is 2.94. The summed E-state index contributed by atoms with van der Waals surface area (Å²) in [6, 6.07) is 7.95. The molecule has 0 aliphatic carbocycles. The van der Waals surface area contributed by atoms with Gasteiger partial charge < -0.3 is 5.32 Å². The largest absolute Gasteiger partial charge is 0.416 e. The van der Waals surface area contributed by atoms with Crippen molar-refractivity contribution in [2.75, 3.05) is 13.1 Å². The van der Waals surface area contributed by atoms with Gasteiger partial charge in [0.2, 0.25) is 0 Å². The van der Waals surface area contributed by atoms with E-state index < -0.39 is 34.8 Å². The number of hydrogen-bond acceptors (Lipinski definition) is 2. The summed E-state index contributed by atoms with van der Waals surface area (Å²) in [7, 11) is 0. The SMILES string of the molecule is CCC(CNCC(=O)c1cc(C(F)(F)F)cc(C(F)(F)F)c1)c1ccc(Cl)cc1. The number of hydrogen-bond donors (Lipinski definition) is 1. The summed E-state index contributed by atoms with van der Waals surface area (Å²) in [6.45, 7) is 1.86. The Morgan fingerprint density at radius 3 is 1.93 bits per heavy atom. The van der Waals surface area contributed by atoms with Gasteiger partial charge >= 0.3 is 12.4 Å². The van der Waals surface area contributed by atoms with Crippen molar-refractivity contribution in [1.82, 2.24) is 5.32 Å². The first-order chi connectivity index (χ1) is 13.4. The zero-order chi connectivity index (χ0) is 21.8. The Hall–Kier alpha value is -2.06. The third-order valence-corrected chi connectivity index (χ3v) is 4.67. The van der Waals surface area contributed by atoms with Gasteiger partial charge in [-0.05, 0) is 48.2 Å². The minimum atomic E-state index is -4.99. The van der Waals surface area contributed by atoms with Crippen LogP contribution in [0.25, 0.3) is 0 Å². The van der Waals surface area contributed by atoms with Gasteiger partial charge in [0, 0.05) is 17.1 Å². The van der Waals surface area contributed by atoms with Gasteiger partial charge in [-0.15, -0.1) is 0 Å². The molecule has 1 unspecified atom stereocenters. The number of halogens is 7. The molecule has 0 aliphatic heterocycles. The third-order valence-electron chi connectivity index (χ3n) is 4.42. The van der Waals surface area contributed by atoms with Gasteiger partial charge in [0.1, 0.15) is 0 Å². The van der Waals surface area contributed by atoms with Crippen molar-refractivity contribution < 1.29 is 31.1 Å². The monoisotopic (exact) mass is 437 g/mol. The molecule has 1 atom stereocenters. The summed E-state index contributed by atoms with van der Waals surface area (Å²) >= 11 is 5.84. The molecule has 0 radical (unpaired) electrons. The van der Waals surface area contributed by atoms with Crippen LogP contribution in [0.5, 0.6) is 0 Å². The second-order valence-electron chi connectivity index (χ2n) is 6.51. The summed E-state index contributed by atoms with van der Waals surface area (Å²) in [5, 5.41) is 3.39. The van der Waals surface area contributed by atoms with Gasteiger partial charge in [-0.3, -0.25) is 4.79 Å². The van der Waals surface area contributed by atoms with Crippen LogP contribution in [0.2, 0.25) is 5.02 Å². The standard InChI is InChI=1S/C20H18ClF6NO/c1-2-12(13-3-5-17(21)6-4-13)10-28-11-18(29)14-7-15(19(22,23)24)9-16(8-14)20(25,26)27/h3-9,12,28H,2,10-11H2,1H3. The van der Waals surface area contributed by atoms with E-state index >= 15 is 0 Å². The van der Waals surface area contributed by atoms with Crippen molar-refractivity contribution in [2.45, 2.75) is 31.6 Å². The quantitative estimate of drug-likeness (QED) is 0.404. The van der Waals surface area contributed by atoms with Crippen LogP contribution < -0.4 is 5.32 Å². The Labute approximate surface area is 168 Å². The van der Waals surface area contributed by atoms with E-state index in [1.807, 2.05) is 19.1 Å². The van der Waals surface area contributed by atoms with Gasteiger partial charge in [0.15, 0.2) is 5.78 Å². The lowest BCUT2D eigenvalue weighted by molar-refractivity contribution is -0.143. The second-order valence-corrected chi connectivity index (χ2v) is 6.94. The molecule has 2 aromatic rings. The molecular weight excluding hydrogens is 420 g/mol. The summed E-state index contributed by atoms with van der Waals surface area (Å²) < 4.78 is 77.5. The molecule has 0 saturated heterocycles. The summed E-state index contributed by atoms with van der Waals surface area (Å²) in [5.74, 6) is -0.847. The number of Topliss-reactive ketones (excluding diaryl/α,β-unsaturated/α-hetero) is 1. The van der Waals surface area contributed by atoms with Crippen LogP contribution in [0.15, 0.2) is 42.5 Å². The molecule has 0 heterocycles. The van der Waals surface area contributed by atoms with Crippen molar-refractivity contribution in [1.29, 1.82) is 0 Å².